The van der Waals surface area contributed by atoms with Crippen LogP contribution >= 0.6 is 34.9 Å². The zero-order valence-corrected chi connectivity index (χ0v) is 13.6. The summed E-state index contributed by atoms with van der Waals surface area (Å²) >= 11 is 5.50. The van der Waals surface area contributed by atoms with Crippen LogP contribution in [0, 0.1) is 0 Å². The quantitative estimate of drug-likeness (QED) is 0.873. The van der Waals surface area contributed by atoms with Crippen molar-refractivity contribution >= 4 is 34.9 Å². The van der Waals surface area contributed by atoms with E-state index in [1.165, 1.54) is 9.77 Å². The van der Waals surface area contributed by atoms with Gasteiger partial charge in [0.15, 0.2) is 0 Å². The number of hydrogen-bond acceptors (Lipinski definition) is 5. The Balaban J connectivity index is 1.98. The van der Waals surface area contributed by atoms with E-state index < -0.39 is 5.60 Å². The summed E-state index contributed by atoms with van der Waals surface area (Å²) in [6.07, 6.45) is 3.18. The molecule has 1 aliphatic rings. The normalized spacial score (nSPS) is 26.7. The highest BCUT2D eigenvalue weighted by Gasteiger charge is 2.28. The third kappa shape index (κ3) is 3.67. The molecule has 1 aromatic rings. The number of rotatable bonds is 5. The maximum absolute atomic E-state index is 10.2. The minimum absolute atomic E-state index is 0.399. The van der Waals surface area contributed by atoms with Gasteiger partial charge in [0, 0.05) is 23.6 Å². The fraction of sp³-hybridized carbons (Fsp3) is 0.692. The van der Waals surface area contributed by atoms with Crippen molar-refractivity contribution < 1.29 is 5.11 Å². The van der Waals surface area contributed by atoms with E-state index in [0.717, 1.165) is 12.2 Å². The van der Waals surface area contributed by atoms with E-state index >= 15 is 0 Å². The summed E-state index contributed by atoms with van der Waals surface area (Å²) in [6, 6.07) is 2.62. The zero-order chi connectivity index (χ0) is 13.2. The lowest BCUT2D eigenvalue weighted by Crippen LogP contribution is -2.42. The van der Waals surface area contributed by atoms with Crippen LogP contribution in [0.25, 0.3) is 0 Å². The van der Waals surface area contributed by atoms with Gasteiger partial charge < -0.3 is 10.4 Å². The summed E-state index contributed by atoms with van der Waals surface area (Å²) in [7, 11) is 0. The van der Waals surface area contributed by atoms with Crippen LogP contribution < -0.4 is 5.32 Å². The van der Waals surface area contributed by atoms with Crippen molar-refractivity contribution in [1.82, 2.24) is 5.32 Å². The first-order valence-electron chi connectivity index (χ1n) is 6.20. The van der Waals surface area contributed by atoms with Crippen LogP contribution in [-0.2, 0) is 0 Å². The van der Waals surface area contributed by atoms with Crippen molar-refractivity contribution in [2.24, 2.45) is 0 Å². The maximum Gasteiger partial charge on any atom is 0.0833 e. The van der Waals surface area contributed by atoms with E-state index in [9.17, 15) is 5.11 Å². The second kappa shape index (κ2) is 6.18. The van der Waals surface area contributed by atoms with Crippen molar-refractivity contribution in [2.75, 3.05) is 18.6 Å². The highest BCUT2D eigenvalue weighted by molar-refractivity contribution is 8.01. The summed E-state index contributed by atoms with van der Waals surface area (Å²) in [6.45, 7) is 4.85. The van der Waals surface area contributed by atoms with E-state index in [4.69, 9.17) is 0 Å². The molecule has 1 aliphatic heterocycles. The molecule has 0 spiro atoms. The molecular weight excluding hydrogens is 282 g/mol. The van der Waals surface area contributed by atoms with Crippen LogP contribution in [0.2, 0.25) is 0 Å². The summed E-state index contributed by atoms with van der Waals surface area (Å²) in [5, 5.41) is 16.6. The average molecular weight is 304 g/mol. The van der Waals surface area contributed by atoms with Crippen molar-refractivity contribution in [3.63, 3.8) is 0 Å². The summed E-state index contributed by atoms with van der Waals surface area (Å²) in [5.74, 6) is 0.771. The van der Waals surface area contributed by atoms with Crippen LogP contribution in [0.5, 0.6) is 0 Å². The lowest BCUT2D eigenvalue weighted by Gasteiger charge is -2.31. The van der Waals surface area contributed by atoms with Gasteiger partial charge in [-0.15, -0.1) is 23.1 Å². The smallest absolute Gasteiger partial charge is 0.0833 e. The fourth-order valence-electron chi connectivity index (χ4n) is 2.25. The third-order valence-electron chi connectivity index (χ3n) is 3.09. The average Bonchev–Trinajstić information content (AvgIpc) is 2.73. The molecule has 0 radical (unpaired) electrons. The molecular formula is C13H21NOS3. The molecule has 0 aliphatic carbocycles. The highest BCUT2D eigenvalue weighted by atomic mass is 32.2. The molecule has 1 aromatic heterocycles. The molecule has 2 nitrogen and oxygen atoms in total. The van der Waals surface area contributed by atoms with Gasteiger partial charge in [-0.2, -0.15) is 11.8 Å². The molecule has 2 rings (SSSR count). The van der Waals surface area contributed by atoms with Gasteiger partial charge in [0.1, 0.15) is 0 Å². The molecule has 0 saturated heterocycles. The first-order valence-corrected chi connectivity index (χ1v) is 9.36. The number of fused-ring (bicyclic) bond motifs is 1. The highest BCUT2D eigenvalue weighted by Crippen LogP contribution is 2.43. The molecule has 3 atom stereocenters. The van der Waals surface area contributed by atoms with Gasteiger partial charge in [0.05, 0.1) is 9.81 Å². The molecule has 0 aromatic carbocycles. The standard InChI is InChI=1S/C13H21NOS3/c1-9-6-11(10-4-5-17-12(10)18-9)14-7-13(2,15)8-16-3/h4-5,9,11,14-15H,6-8H2,1-3H3/t9-,11?,13?/m0/s1. The second-order valence-corrected chi connectivity index (χ2v) is 8.68. The van der Waals surface area contributed by atoms with Crippen molar-refractivity contribution in [3.05, 3.63) is 17.0 Å². The topological polar surface area (TPSA) is 32.3 Å². The second-order valence-electron chi connectivity index (χ2n) is 5.19. The Morgan fingerprint density at radius 3 is 3.11 bits per heavy atom. The molecule has 0 bridgehead atoms. The van der Waals surface area contributed by atoms with Crippen LogP contribution in [0.3, 0.4) is 0 Å². The zero-order valence-electron chi connectivity index (χ0n) is 11.1. The monoisotopic (exact) mass is 303 g/mol. The lowest BCUT2D eigenvalue weighted by atomic mass is 10.0. The van der Waals surface area contributed by atoms with Gasteiger partial charge >= 0.3 is 0 Å². The predicted octanol–water partition coefficient (Wildman–Crippen LogP) is 3.38. The molecule has 0 fully saturated rings. The van der Waals surface area contributed by atoms with Gasteiger partial charge in [0.2, 0.25) is 0 Å². The Morgan fingerprint density at radius 1 is 1.61 bits per heavy atom. The molecule has 2 unspecified atom stereocenters. The van der Waals surface area contributed by atoms with E-state index in [1.54, 1.807) is 11.8 Å². The largest absolute Gasteiger partial charge is 0.388 e. The summed E-state index contributed by atoms with van der Waals surface area (Å²) in [5.41, 5.74) is 0.798. The van der Waals surface area contributed by atoms with Gasteiger partial charge in [-0.3, -0.25) is 0 Å². The molecule has 18 heavy (non-hydrogen) atoms. The minimum atomic E-state index is -0.622. The number of hydrogen-bond donors (Lipinski definition) is 2. The Morgan fingerprint density at radius 2 is 2.39 bits per heavy atom. The van der Waals surface area contributed by atoms with Crippen molar-refractivity contribution in [2.45, 2.75) is 41.4 Å². The SMILES string of the molecule is CSCC(C)(O)CNC1C[C@H](C)Sc2sccc21. The number of aliphatic hydroxyl groups is 1. The van der Waals surface area contributed by atoms with Crippen molar-refractivity contribution in [3.8, 4) is 0 Å². The molecule has 2 heterocycles. The minimum Gasteiger partial charge on any atom is -0.388 e. The Bertz CT molecular complexity index is 391. The third-order valence-corrected chi connectivity index (χ3v) is 6.35. The Labute approximate surface area is 122 Å². The number of thioether (sulfide) groups is 2. The molecule has 2 N–H and O–H groups in total. The van der Waals surface area contributed by atoms with Crippen molar-refractivity contribution in [1.29, 1.82) is 0 Å². The van der Waals surface area contributed by atoms with Gasteiger partial charge in [-0.1, -0.05) is 6.92 Å². The van der Waals surface area contributed by atoms with Gasteiger partial charge in [-0.25, -0.2) is 0 Å². The van der Waals surface area contributed by atoms with Crippen LogP contribution in [0.15, 0.2) is 15.7 Å². The first-order chi connectivity index (χ1) is 8.52. The van der Waals surface area contributed by atoms with E-state index in [1.807, 2.05) is 36.3 Å². The lowest BCUT2D eigenvalue weighted by molar-refractivity contribution is 0.0808. The summed E-state index contributed by atoms with van der Waals surface area (Å²) in [4.78, 5) is 0. The number of thiophene rings is 1. The van der Waals surface area contributed by atoms with E-state index in [0.29, 0.717) is 17.8 Å². The van der Waals surface area contributed by atoms with Crippen LogP contribution in [-0.4, -0.2) is 34.5 Å². The predicted molar refractivity (Wildman–Crippen MR) is 84.0 cm³/mol. The van der Waals surface area contributed by atoms with Gasteiger partial charge in [0.25, 0.3) is 0 Å². The first kappa shape index (κ1) is 14.7. The Kier molecular flexibility index (Phi) is 5.06. The molecule has 102 valence electrons. The Hall–Kier alpha value is 0.320. The molecule has 5 heteroatoms. The number of nitrogens with one attached hydrogen (secondary N) is 1. The van der Waals surface area contributed by atoms with E-state index in [2.05, 4.69) is 23.7 Å². The fourth-order valence-corrected chi connectivity index (χ4v) is 5.54. The maximum atomic E-state index is 10.2. The molecule has 0 saturated carbocycles. The van der Waals surface area contributed by atoms with Gasteiger partial charge in [-0.05, 0) is 36.6 Å². The molecule has 0 amide bonds. The van der Waals surface area contributed by atoms with E-state index in [-0.39, 0.29) is 0 Å². The summed E-state index contributed by atoms with van der Waals surface area (Å²) < 4.78 is 1.44. The van der Waals surface area contributed by atoms with Crippen LogP contribution in [0.1, 0.15) is 31.9 Å². The van der Waals surface area contributed by atoms with Crippen LogP contribution in [0.4, 0.5) is 0 Å².